The number of rotatable bonds is 8. The molecule has 39 heavy (non-hydrogen) atoms. The van der Waals surface area contributed by atoms with E-state index in [4.69, 9.17) is 13.9 Å². The van der Waals surface area contributed by atoms with Crippen LogP contribution in [0.15, 0.2) is 101 Å². The normalized spacial score (nSPS) is 11.4. The lowest BCUT2D eigenvalue weighted by Crippen LogP contribution is -2.16. The number of carbonyl (C=O) groups excluding carboxylic acids is 1. The lowest BCUT2D eigenvalue weighted by atomic mass is 10.2. The molecule has 0 N–H and O–H groups in total. The van der Waals surface area contributed by atoms with E-state index in [1.165, 1.54) is 10.8 Å². The van der Waals surface area contributed by atoms with E-state index >= 15 is 0 Å². The molecule has 0 saturated carbocycles. The number of benzene rings is 4. The van der Waals surface area contributed by atoms with Crippen LogP contribution in [0.4, 0.5) is 0 Å². The predicted octanol–water partition coefficient (Wildman–Crippen LogP) is 7.08. The summed E-state index contributed by atoms with van der Waals surface area (Å²) in [5, 5.41) is 11.0. The predicted molar refractivity (Wildman–Crippen MR) is 151 cm³/mol. The summed E-state index contributed by atoms with van der Waals surface area (Å²) < 4.78 is 19.3. The first kappa shape index (κ1) is 24.4. The third-order valence-corrected chi connectivity index (χ3v) is 6.51. The Morgan fingerprint density at radius 3 is 2.05 bits per heavy atom. The van der Waals surface area contributed by atoms with Crippen LogP contribution in [0, 0.1) is 5.92 Å². The Morgan fingerprint density at radius 1 is 0.769 bits per heavy atom. The van der Waals surface area contributed by atoms with Gasteiger partial charge in [0.05, 0.1) is 17.0 Å². The Kier molecular flexibility index (Phi) is 6.55. The van der Waals surface area contributed by atoms with Crippen LogP contribution in [0.1, 0.15) is 13.8 Å². The number of ether oxygens (including phenoxy) is 2. The first-order chi connectivity index (χ1) is 19.1. The maximum absolute atomic E-state index is 11.6. The lowest BCUT2D eigenvalue weighted by molar-refractivity contribution is -0.148. The molecule has 6 rings (SSSR count). The van der Waals surface area contributed by atoms with Crippen molar-refractivity contribution >= 4 is 27.8 Å². The van der Waals surface area contributed by atoms with Crippen molar-refractivity contribution < 1.29 is 18.7 Å². The van der Waals surface area contributed by atoms with Crippen LogP contribution < -0.4 is 4.74 Å². The maximum atomic E-state index is 11.6. The van der Waals surface area contributed by atoms with Crippen LogP contribution in [0.2, 0.25) is 0 Å². The fraction of sp³-hybridized carbons (Fsp3) is 0.156. The average Bonchev–Trinajstić information content (AvgIpc) is 3.59. The van der Waals surface area contributed by atoms with Crippen molar-refractivity contribution in [2.75, 3.05) is 13.2 Å². The molecule has 0 unspecified atom stereocenters. The molecular weight excluding hydrogens is 490 g/mol. The summed E-state index contributed by atoms with van der Waals surface area (Å²) in [5.41, 5.74) is 4.85. The van der Waals surface area contributed by atoms with Gasteiger partial charge in [0.2, 0.25) is 11.8 Å². The number of carbonyl (C=O) groups is 1. The molecular formula is C32H27N3O4. The summed E-state index contributed by atoms with van der Waals surface area (Å²) in [7, 11) is 0. The Labute approximate surface area is 225 Å². The molecule has 7 nitrogen and oxygen atoms in total. The minimum atomic E-state index is -0.243. The molecule has 0 fully saturated rings. The molecule has 4 aromatic carbocycles. The van der Waals surface area contributed by atoms with Crippen molar-refractivity contribution in [1.82, 2.24) is 14.8 Å². The molecule has 0 atom stereocenters. The first-order valence-corrected chi connectivity index (χ1v) is 12.9. The Balaban J connectivity index is 1.25. The molecule has 0 amide bonds. The van der Waals surface area contributed by atoms with E-state index in [2.05, 4.69) is 75.4 Å². The summed E-state index contributed by atoms with van der Waals surface area (Å²) in [5.74, 6) is 1.04. The first-order valence-electron chi connectivity index (χ1n) is 12.9. The third-order valence-electron chi connectivity index (χ3n) is 6.51. The Hall–Kier alpha value is -4.91. The van der Waals surface area contributed by atoms with Gasteiger partial charge in [-0.1, -0.05) is 62.4 Å². The van der Waals surface area contributed by atoms with Crippen LogP contribution in [0.25, 0.3) is 50.4 Å². The molecule has 2 heterocycles. The van der Waals surface area contributed by atoms with Gasteiger partial charge in [0.1, 0.15) is 19.0 Å². The highest BCUT2D eigenvalue weighted by atomic mass is 16.6. The molecule has 6 aromatic rings. The van der Waals surface area contributed by atoms with E-state index in [9.17, 15) is 4.79 Å². The second-order valence-electron chi connectivity index (χ2n) is 9.53. The molecule has 0 bridgehead atoms. The van der Waals surface area contributed by atoms with Gasteiger partial charge in [0, 0.05) is 27.6 Å². The van der Waals surface area contributed by atoms with Gasteiger partial charge in [-0.3, -0.25) is 4.79 Å². The molecule has 0 saturated heterocycles. The zero-order chi connectivity index (χ0) is 26.8. The van der Waals surface area contributed by atoms with Crippen molar-refractivity contribution in [1.29, 1.82) is 0 Å². The molecule has 0 spiro atoms. The van der Waals surface area contributed by atoms with Crippen molar-refractivity contribution in [3.05, 3.63) is 97.1 Å². The second kappa shape index (κ2) is 10.5. The molecule has 7 heteroatoms. The van der Waals surface area contributed by atoms with Gasteiger partial charge < -0.3 is 18.5 Å². The zero-order valence-electron chi connectivity index (χ0n) is 21.7. The minimum absolute atomic E-state index is 0.164. The topological polar surface area (TPSA) is 79.4 Å². The van der Waals surface area contributed by atoms with Gasteiger partial charge in [-0.25, -0.2) is 0 Å². The number of para-hydroxylation sites is 2. The highest BCUT2D eigenvalue weighted by molar-refractivity contribution is 6.09. The highest BCUT2D eigenvalue weighted by Gasteiger charge is 2.15. The van der Waals surface area contributed by atoms with Gasteiger partial charge >= 0.3 is 5.97 Å². The third kappa shape index (κ3) is 4.86. The minimum Gasteiger partial charge on any atom is -0.490 e. The molecule has 0 radical (unpaired) electrons. The summed E-state index contributed by atoms with van der Waals surface area (Å²) in [4.78, 5) is 11.6. The van der Waals surface area contributed by atoms with Gasteiger partial charge in [-0.05, 0) is 48.5 Å². The van der Waals surface area contributed by atoms with Crippen LogP contribution >= 0.6 is 0 Å². The Bertz CT molecular complexity index is 1730. The number of aromatic nitrogens is 3. The van der Waals surface area contributed by atoms with Gasteiger partial charge in [0.25, 0.3) is 0 Å². The smallest absolute Gasteiger partial charge is 0.308 e. The largest absolute Gasteiger partial charge is 0.490 e. The van der Waals surface area contributed by atoms with E-state index in [1.54, 1.807) is 13.8 Å². The average molecular weight is 518 g/mol. The summed E-state index contributed by atoms with van der Waals surface area (Å²) in [6, 6.07) is 32.3. The number of esters is 1. The highest BCUT2D eigenvalue weighted by Crippen LogP contribution is 2.33. The molecule has 0 aliphatic heterocycles. The van der Waals surface area contributed by atoms with Crippen molar-refractivity contribution in [2.24, 2.45) is 5.92 Å². The summed E-state index contributed by atoms with van der Waals surface area (Å²) in [6.07, 6.45) is 0. The SMILES string of the molecule is CC(C)C(=O)OCCOc1cccc(-c2nnc(-c3cccc(-n4c5ccccc5c5ccccc54)c3)o2)c1. The fourth-order valence-electron chi connectivity index (χ4n) is 4.62. The quantitative estimate of drug-likeness (QED) is 0.159. The monoisotopic (exact) mass is 517 g/mol. The molecule has 0 aliphatic carbocycles. The summed E-state index contributed by atoms with van der Waals surface area (Å²) >= 11 is 0. The standard InChI is InChI=1S/C32H27N3O4/c1-21(2)32(36)38-18-17-37-25-12-8-10-23(20-25)31-34-33-30(39-31)22-9-7-11-24(19-22)35-28-15-5-3-13-26(28)27-14-4-6-16-29(27)35/h3-16,19-21H,17-18H2,1-2H3. The van der Waals surface area contributed by atoms with Gasteiger partial charge in [0.15, 0.2) is 0 Å². The van der Waals surface area contributed by atoms with Gasteiger partial charge in [-0.2, -0.15) is 0 Å². The molecule has 2 aromatic heterocycles. The van der Waals surface area contributed by atoms with E-state index < -0.39 is 0 Å². The second-order valence-corrected chi connectivity index (χ2v) is 9.53. The fourth-order valence-corrected chi connectivity index (χ4v) is 4.62. The number of nitrogens with zero attached hydrogens (tertiary/aromatic N) is 3. The molecule has 0 aliphatic rings. The molecule has 194 valence electrons. The van der Waals surface area contributed by atoms with Crippen molar-refractivity contribution in [3.8, 4) is 34.3 Å². The van der Waals surface area contributed by atoms with Crippen molar-refractivity contribution in [2.45, 2.75) is 13.8 Å². The lowest BCUT2D eigenvalue weighted by Gasteiger charge is -2.09. The van der Waals surface area contributed by atoms with E-state index in [1.807, 2.05) is 36.4 Å². The number of hydrogen-bond acceptors (Lipinski definition) is 6. The van der Waals surface area contributed by atoms with E-state index in [0.29, 0.717) is 17.5 Å². The van der Waals surface area contributed by atoms with Gasteiger partial charge in [-0.15, -0.1) is 10.2 Å². The zero-order valence-corrected chi connectivity index (χ0v) is 21.7. The van der Waals surface area contributed by atoms with E-state index in [0.717, 1.165) is 27.8 Å². The van der Waals surface area contributed by atoms with Crippen molar-refractivity contribution in [3.63, 3.8) is 0 Å². The van der Waals surface area contributed by atoms with E-state index in [-0.39, 0.29) is 25.1 Å². The van der Waals surface area contributed by atoms with Crippen LogP contribution in [0.5, 0.6) is 5.75 Å². The number of hydrogen-bond donors (Lipinski definition) is 0. The van der Waals surface area contributed by atoms with Crippen LogP contribution in [-0.4, -0.2) is 33.9 Å². The number of fused-ring (bicyclic) bond motifs is 3. The van der Waals surface area contributed by atoms with Crippen LogP contribution in [0.3, 0.4) is 0 Å². The Morgan fingerprint density at radius 2 is 1.38 bits per heavy atom. The summed E-state index contributed by atoms with van der Waals surface area (Å²) in [6.45, 7) is 4.04. The van der Waals surface area contributed by atoms with Crippen LogP contribution in [-0.2, 0) is 9.53 Å². The maximum Gasteiger partial charge on any atom is 0.308 e.